The van der Waals surface area contributed by atoms with E-state index in [0.29, 0.717) is 11.3 Å². The van der Waals surface area contributed by atoms with Crippen LogP contribution in [0.2, 0.25) is 5.02 Å². The minimum atomic E-state index is -1.15. The maximum atomic E-state index is 12.8. The molecule has 0 spiro atoms. The number of carbonyl (C=O) groups excluding carboxylic acids is 3. The SMILES string of the molecule is C#CCOc1ccc(/C=C2\C(=O)NC(=O)N(c3ccc(C(=O)O)cc3)C2=O)cc1Cl. The highest BCUT2D eigenvalue weighted by Gasteiger charge is 2.36. The number of barbiturate groups is 1. The summed E-state index contributed by atoms with van der Waals surface area (Å²) < 4.78 is 5.26. The maximum Gasteiger partial charge on any atom is 0.335 e. The molecule has 1 aliphatic rings. The van der Waals surface area contributed by atoms with E-state index in [4.69, 9.17) is 27.9 Å². The van der Waals surface area contributed by atoms with E-state index in [2.05, 4.69) is 11.2 Å². The van der Waals surface area contributed by atoms with Gasteiger partial charge >= 0.3 is 12.0 Å². The lowest BCUT2D eigenvalue weighted by molar-refractivity contribution is -0.122. The van der Waals surface area contributed by atoms with Crippen molar-refractivity contribution in [3.63, 3.8) is 0 Å². The van der Waals surface area contributed by atoms with Gasteiger partial charge in [0.2, 0.25) is 0 Å². The van der Waals surface area contributed by atoms with Gasteiger partial charge in [-0.1, -0.05) is 23.6 Å². The Labute approximate surface area is 175 Å². The Hall–Kier alpha value is -4.09. The number of aromatic carboxylic acids is 1. The number of carboxylic acids is 1. The molecular weight excluding hydrogens is 412 g/mol. The molecule has 1 fully saturated rings. The van der Waals surface area contributed by atoms with Crippen molar-refractivity contribution in [3.05, 3.63) is 64.2 Å². The zero-order valence-corrected chi connectivity index (χ0v) is 16.0. The quantitative estimate of drug-likeness (QED) is 0.433. The lowest BCUT2D eigenvalue weighted by Crippen LogP contribution is -2.54. The molecule has 3 rings (SSSR count). The van der Waals surface area contributed by atoms with Gasteiger partial charge in [0, 0.05) is 0 Å². The van der Waals surface area contributed by atoms with Gasteiger partial charge < -0.3 is 9.84 Å². The summed E-state index contributed by atoms with van der Waals surface area (Å²) in [7, 11) is 0. The minimum Gasteiger partial charge on any atom is -0.479 e. The van der Waals surface area contributed by atoms with Crippen molar-refractivity contribution >= 4 is 47.2 Å². The van der Waals surface area contributed by atoms with Gasteiger partial charge in [0.05, 0.1) is 16.3 Å². The summed E-state index contributed by atoms with van der Waals surface area (Å²) in [6.45, 7) is 0.0266. The molecular formula is C21H13ClN2O6. The van der Waals surface area contributed by atoms with Crippen LogP contribution in [-0.2, 0) is 9.59 Å². The summed E-state index contributed by atoms with van der Waals surface area (Å²) in [5.74, 6) is -0.239. The molecule has 1 saturated heterocycles. The summed E-state index contributed by atoms with van der Waals surface area (Å²) in [5.41, 5.74) is 0.210. The number of hydrogen-bond acceptors (Lipinski definition) is 5. The first-order chi connectivity index (χ1) is 14.3. The van der Waals surface area contributed by atoms with E-state index in [1.165, 1.54) is 42.5 Å². The van der Waals surface area contributed by atoms with Gasteiger partial charge in [0.15, 0.2) is 0 Å². The number of nitrogens with zero attached hydrogens (tertiary/aromatic N) is 1. The molecule has 1 heterocycles. The number of hydrogen-bond donors (Lipinski definition) is 2. The summed E-state index contributed by atoms with van der Waals surface area (Å²) in [5, 5.41) is 11.3. The van der Waals surface area contributed by atoms with Crippen LogP contribution in [0.1, 0.15) is 15.9 Å². The molecule has 0 unspecified atom stereocenters. The Balaban J connectivity index is 1.93. The maximum absolute atomic E-state index is 12.8. The molecule has 2 N–H and O–H groups in total. The summed E-state index contributed by atoms with van der Waals surface area (Å²) in [4.78, 5) is 49.0. The molecule has 8 nitrogen and oxygen atoms in total. The van der Waals surface area contributed by atoms with Crippen molar-refractivity contribution in [2.24, 2.45) is 0 Å². The van der Waals surface area contributed by atoms with Gasteiger partial charge in [0.25, 0.3) is 11.8 Å². The van der Waals surface area contributed by atoms with Crippen LogP contribution in [0.3, 0.4) is 0 Å². The van der Waals surface area contributed by atoms with Crippen LogP contribution in [0.15, 0.2) is 48.0 Å². The lowest BCUT2D eigenvalue weighted by Gasteiger charge is -2.26. The molecule has 1 aliphatic heterocycles. The third-order valence-electron chi connectivity index (χ3n) is 4.05. The monoisotopic (exact) mass is 424 g/mol. The number of benzene rings is 2. The van der Waals surface area contributed by atoms with Crippen LogP contribution in [0.4, 0.5) is 10.5 Å². The molecule has 0 atom stereocenters. The Morgan fingerprint density at radius 1 is 1.20 bits per heavy atom. The molecule has 0 aliphatic carbocycles. The lowest BCUT2D eigenvalue weighted by atomic mass is 10.1. The van der Waals surface area contributed by atoms with Crippen LogP contribution in [0.5, 0.6) is 5.75 Å². The van der Waals surface area contributed by atoms with Crippen molar-refractivity contribution in [1.82, 2.24) is 5.32 Å². The summed E-state index contributed by atoms with van der Waals surface area (Å²) in [6, 6.07) is 8.70. The fraction of sp³-hybridized carbons (Fsp3) is 0.0476. The fourth-order valence-corrected chi connectivity index (χ4v) is 2.90. The highest BCUT2D eigenvalue weighted by atomic mass is 35.5. The van der Waals surface area contributed by atoms with Gasteiger partial charge in [-0.3, -0.25) is 14.9 Å². The first kappa shape index (κ1) is 20.6. The molecule has 0 bridgehead atoms. The number of urea groups is 1. The Kier molecular flexibility index (Phi) is 5.85. The molecule has 4 amide bonds. The minimum absolute atomic E-state index is 0.0164. The van der Waals surface area contributed by atoms with Crippen LogP contribution in [-0.4, -0.2) is 35.5 Å². The number of carbonyl (C=O) groups is 4. The van der Waals surface area contributed by atoms with Crippen molar-refractivity contribution in [1.29, 1.82) is 0 Å². The molecule has 30 heavy (non-hydrogen) atoms. The molecule has 0 aromatic heterocycles. The van der Waals surface area contributed by atoms with E-state index < -0.39 is 23.8 Å². The number of ether oxygens (including phenoxy) is 1. The second kappa shape index (κ2) is 8.51. The van der Waals surface area contributed by atoms with Crippen LogP contribution < -0.4 is 15.0 Å². The van der Waals surface area contributed by atoms with E-state index in [-0.39, 0.29) is 28.5 Å². The normalized spacial score (nSPS) is 15.0. The van der Waals surface area contributed by atoms with Gasteiger partial charge in [0.1, 0.15) is 17.9 Å². The predicted octanol–water partition coefficient (Wildman–Crippen LogP) is 2.72. The average molecular weight is 425 g/mol. The second-order valence-corrected chi connectivity index (χ2v) is 6.40. The number of carboxylic acid groups (broad SMARTS) is 1. The molecule has 150 valence electrons. The van der Waals surface area contributed by atoms with E-state index in [1.807, 2.05) is 0 Å². The molecule has 2 aromatic rings. The summed E-state index contributed by atoms with van der Waals surface area (Å²) in [6.07, 6.45) is 6.41. The third kappa shape index (κ3) is 4.16. The topological polar surface area (TPSA) is 113 Å². The van der Waals surface area contributed by atoms with E-state index in [1.54, 1.807) is 6.07 Å². The van der Waals surface area contributed by atoms with Crippen LogP contribution in [0, 0.1) is 12.3 Å². The van der Waals surface area contributed by atoms with Crippen molar-refractivity contribution in [2.45, 2.75) is 0 Å². The highest BCUT2D eigenvalue weighted by Crippen LogP contribution is 2.28. The van der Waals surface area contributed by atoms with Gasteiger partial charge in [-0.25, -0.2) is 14.5 Å². The highest BCUT2D eigenvalue weighted by molar-refractivity contribution is 6.39. The van der Waals surface area contributed by atoms with Gasteiger partial charge in [-0.2, -0.15) is 0 Å². The standard InChI is InChI=1S/C21H13ClN2O6/c1-2-9-30-17-8-3-12(11-16(17)22)10-15-18(25)23-21(29)24(19(15)26)14-6-4-13(5-7-14)20(27)28/h1,3-8,10-11H,9H2,(H,27,28)(H,23,25,29)/b15-10+. The number of imide groups is 2. The number of terminal acetylenes is 1. The zero-order chi connectivity index (χ0) is 21.8. The third-order valence-corrected chi connectivity index (χ3v) is 4.35. The van der Waals surface area contributed by atoms with Crippen LogP contribution in [0.25, 0.3) is 6.08 Å². The van der Waals surface area contributed by atoms with Crippen molar-refractivity contribution < 1.29 is 29.0 Å². The second-order valence-electron chi connectivity index (χ2n) is 5.99. The van der Waals surface area contributed by atoms with E-state index in [9.17, 15) is 19.2 Å². The Morgan fingerprint density at radius 3 is 2.50 bits per heavy atom. The smallest absolute Gasteiger partial charge is 0.335 e. The predicted molar refractivity (Wildman–Crippen MR) is 108 cm³/mol. The van der Waals surface area contributed by atoms with Crippen LogP contribution >= 0.6 is 11.6 Å². The van der Waals surface area contributed by atoms with Crippen molar-refractivity contribution in [3.8, 4) is 18.1 Å². The molecule has 0 radical (unpaired) electrons. The Bertz CT molecular complexity index is 1130. The van der Waals surface area contributed by atoms with Gasteiger partial charge in [-0.15, -0.1) is 6.42 Å². The molecule has 2 aromatic carbocycles. The number of nitrogens with one attached hydrogen (secondary N) is 1. The molecule has 9 heteroatoms. The van der Waals surface area contributed by atoms with E-state index >= 15 is 0 Å². The molecule has 0 saturated carbocycles. The average Bonchev–Trinajstić information content (AvgIpc) is 2.70. The first-order valence-electron chi connectivity index (χ1n) is 8.42. The Morgan fingerprint density at radius 2 is 1.90 bits per heavy atom. The largest absolute Gasteiger partial charge is 0.479 e. The van der Waals surface area contributed by atoms with E-state index in [0.717, 1.165) is 4.90 Å². The fourth-order valence-electron chi connectivity index (χ4n) is 2.66. The number of rotatable bonds is 5. The number of halogens is 1. The summed E-state index contributed by atoms with van der Waals surface area (Å²) >= 11 is 6.12. The first-order valence-corrected chi connectivity index (χ1v) is 8.80. The van der Waals surface area contributed by atoms with Crippen molar-refractivity contribution in [2.75, 3.05) is 11.5 Å². The zero-order valence-electron chi connectivity index (χ0n) is 15.2. The van der Waals surface area contributed by atoms with Gasteiger partial charge in [-0.05, 0) is 48.0 Å². The number of anilines is 1. The number of amides is 4.